The summed E-state index contributed by atoms with van der Waals surface area (Å²) in [5, 5.41) is 21.0. The molecule has 1 amide bonds. The minimum Gasteiger partial charge on any atom is -0.465 e. The molecule has 0 spiro atoms. The molecule has 6 heteroatoms. The van der Waals surface area contributed by atoms with E-state index < -0.39 is 6.09 Å². The van der Waals surface area contributed by atoms with Crippen molar-refractivity contribution in [1.82, 2.24) is 5.32 Å². The van der Waals surface area contributed by atoms with Crippen molar-refractivity contribution in [2.24, 2.45) is 0 Å². The van der Waals surface area contributed by atoms with E-state index >= 15 is 0 Å². The van der Waals surface area contributed by atoms with E-state index in [2.05, 4.69) is 34.5 Å². The summed E-state index contributed by atoms with van der Waals surface area (Å²) in [6.07, 6.45) is 1.35. The van der Waals surface area contributed by atoms with Crippen LogP contribution in [0.15, 0.2) is 42.5 Å². The van der Waals surface area contributed by atoms with Gasteiger partial charge in [0, 0.05) is 25.7 Å². The molecule has 0 aliphatic carbocycles. The number of amides is 1. The Bertz CT molecular complexity index is 877. The highest BCUT2D eigenvalue weighted by molar-refractivity contribution is 5.69. The number of carboxylic acid groups (broad SMARTS) is 1. The largest absolute Gasteiger partial charge is 0.465 e. The predicted octanol–water partition coefficient (Wildman–Crippen LogP) is 3.73. The third-order valence-electron chi connectivity index (χ3n) is 5.08. The number of nitrogens with one attached hydrogen (secondary N) is 1. The average Bonchev–Trinajstić information content (AvgIpc) is 3.10. The molecule has 0 saturated carbocycles. The number of rotatable bonds is 9. The van der Waals surface area contributed by atoms with E-state index in [1.54, 1.807) is 0 Å². The standard InChI is InChI=1S/C23H27N3O3/c1-17(25-23(27)28)12-19-13-20-8-10-26(22(20)21(14-19)15-24)9-5-11-29-16-18-6-3-2-4-7-18/h2-4,6-7,13-14,17,25H,5,8-12,16H2,1H3,(H,27,28)/t17-/m1/s1. The lowest BCUT2D eigenvalue weighted by Gasteiger charge is -2.21. The van der Waals surface area contributed by atoms with Gasteiger partial charge in [0.05, 0.1) is 17.9 Å². The Kier molecular flexibility index (Phi) is 7.09. The maximum absolute atomic E-state index is 10.8. The summed E-state index contributed by atoms with van der Waals surface area (Å²) in [6, 6.07) is 16.3. The maximum Gasteiger partial charge on any atom is 0.404 e. The van der Waals surface area contributed by atoms with Crippen molar-refractivity contribution in [3.8, 4) is 6.07 Å². The van der Waals surface area contributed by atoms with Crippen molar-refractivity contribution >= 4 is 11.8 Å². The van der Waals surface area contributed by atoms with Crippen LogP contribution in [0.3, 0.4) is 0 Å². The molecule has 2 aromatic carbocycles. The normalized spacial score (nSPS) is 13.6. The fourth-order valence-corrected chi connectivity index (χ4v) is 3.86. The van der Waals surface area contributed by atoms with Crippen molar-refractivity contribution in [3.05, 3.63) is 64.7 Å². The van der Waals surface area contributed by atoms with Gasteiger partial charge in [-0.3, -0.25) is 0 Å². The van der Waals surface area contributed by atoms with Crippen molar-refractivity contribution in [2.75, 3.05) is 24.6 Å². The second-order valence-corrected chi connectivity index (χ2v) is 7.45. The summed E-state index contributed by atoms with van der Waals surface area (Å²) < 4.78 is 5.77. The van der Waals surface area contributed by atoms with Crippen LogP contribution in [0.2, 0.25) is 0 Å². The van der Waals surface area contributed by atoms with Gasteiger partial charge in [0.1, 0.15) is 6.07 Å². The Balaban J connectivity index is 1.55. The van der Waals surface area contributed by atoms with Crippen molar-refractivity contribution in [1.29, 1.82) is 5.26 Å². The topological polar surface area (TPSA) is 85.6 Å². The van der Waals surface area contributed by atoms with Crippen LogP contribution in [0.4, 0.5) is 10.5 Å². The molecule has 3 rings (SSSR count). The van der Waals surface area contributed by atoms with Crippen LogP contribution < -0.4 is 10.2 Å². The molecular formula is C23H27N3O3. The molecule has 0 radical (unpaired) electrons. The molecule has 152 valence electrons. The van der Waals surface area contributed by atoms with Crippen LogP contribution in [0.25, 0.3) is 0 Å². The van der Waals surface area contributed by atoms with Crippen molar-refractivity contribution in [3.63, 3.8) is 0 Å². The first-order chi connectivity index (χ1) is 14.1. The summed E-state index contributed by atoms with van der Waals surface area (Å²) >= 11 is 0. The van der Waals surface area contributed by atoms with Crippen LogP contribution in [0, 0.1) is 11.3 Å². The zero-order valence-corrected chi connectivity index (χ0v) is 16.7. The monoisotopic (exact) mass is 393 g/mol. The van der Waals surface area contributed by atoms with Gasteiger partial charge in [-0.1, -0.05) is 36.4 Å². The summed E-state index contributed by atoms with van der Waals surface area (Å²) in [6.45, 7) is 4.88. The molecular weight excluding hydrogens is 366 g/mol. The summed E-state index contributed by atoms with van der Waals surface area (Å²) in [5.74, 6) is 0. The fraction of sp³-hybridized carbons (Fsp3) is 0.391. The third-order valence-corrected chi connectivity index (χ3v) is 5.08. The Labute approximate surface area is 171 Å². The summed E-state index contributed by atoms with van der Waals surface area (Å²) in [7, 11) is 0. The number of nitriles is 1. The van der Waals surface area contributed by atoms with Crippen LogP contribution >= 0.6 is 0 Å². The predicted molar refractivity (Wildman–Crippen MR) is 112 cm³/mol. The molecule has 1 aliphatic heterocycles. The van der Waals surface area contributed by atoms with Crippen LogP contribution in [-0.2, 0) is 24.2 Å². The highest BCUT2D eigenvalue weighted by atomic mass is 16.5. The number of carbonyl (C=O) groups is 1. The smallest absolute Gasteiger partial charge is 0.404 e. The average molecular weight is 393 g/mol. The molecule has 0 bridgehead atoms. The molecule has 29 heavy (non-hydrogen) atoms. The number of benzene rings is 2. The van der Waals surface area contributed by atoms with E-state index in [1.165, 1.54) is 11.1 Å². The quantitative estimate of drug-likeness (QED) is 0.634. The first kappa shape index (κ1) is 20.7. The van der Waals surface area contributed by atoms with Gasteiger partial charge in [-0.25, -0.2) is 4.79 Å². The first-order valence-corrected chi connectivity index (χ1v) is 9.99. The van der Waals surface area contributed by atoms with E-state index in [0.29, 0.717) is 25.2 Å². The second kappa shape index (κ2) is 9.94. The third kappa shape index (κ3) is 5.72. The molecule has 0 saturated heterocycles. The zero-order chi connectivity index (χ0) is 20.6. The number of hydrogen-bond acceptors (Lipinski definition) is 4. The minimum atomic E-state index is -1.03. The highest BCUT2D eigenvalue weighted by Gasteiger charge is 2.23. The molecule has 2 aromatic rings. The Hall–Kier alpha value is -3.04. The molecule has 0 unspecified atom stereocenters. The molecule has 1 atom stereocenters. The number of anilines is 1. The van der Waals surface area contributed by atoms with Crippen molar-refractivity contribution < 1.29 is 14.6 Å². The second-order valence-electron chi connectivity index (χ2n) is 7.45. The number of fused-ring (bicyclic) bond motifs is 1. The molecule has 1 heterocycles. The Morgan fingerprint density at radius 2 is 2.10 bits per heavy atom. The molecule has 1 aliphatic rings. The van der Waals surface area contributed by atoms with E-state index in [4.69, 9.17) is 9.84 Å². The summed E-state index contributed by atoms with van der Waals surface area (Å²) in [4.78, 5) is 13.1. The van der Waals surface area contributed by atoms with Gasteiger partial charge in [0.2, 0.25) is 0 Å². The van der Waals surface area contributed by atoms with Gasteiger partial charge < -0.3 is 20.1 Å². The SMILES string of the molecule is C[C@H](Cc1cc(C#N)c2c(c1)CCN2CCCOCc1ccccc1)NC(=O)O. The highest BCUT2D eigenvalue weighted by Crippen LogP contribution is 2.33. The van der Waals surface area contributed by atoms with Crippen LogP contribution in [0.1, 0.15) is 35.6 Å². The van der Waals surface area contributed by atoms with Gasteiger partial charge in [0.25, 0.3) is 0 Å². The number of nitrogens with zero attached hydrogens (tertiary/aromatic N) is 2. The van der Waals surface area contributed by atoms with E-state index in [-0.39, 0.29) is 6.04 Å². The number of hydrogen-bond donors (Lipinski definition) is 2. The fourth-order valence-electron chi connectivity index (χ4n) is 3.86. The van der Waals surface area contributed by atoms with E-state index in [0.717, 1.165) is 37.2 Å². The van der Waals surface area contributed by atoms with Gasteiger partial charge in [0.15, 0.2) is 0 Å². The zero-order valence-electron chi connectivity index (χ0n) is 16.7. The Morgan fingerprint density at radius 1 is 1.31 bits per heavy atom. The molecule has 2 N–H and O–H groups in total. The van der Waals surface area contributed by atoms with Crippen LogP contribution in [-0.4, -0.2) is 36.9 Å². The lowest BCUT2D eigenvalue weighted by Crippen LogP contribution is -2.32. The molecule has 0 fully saturated rings. The Morgan fingerprint density at radius 3 is 2.83 bits per heavy atom. The number of ether oxygens (including phenoxy) is 1. The van der Waals surface area contributed by atoms with E-state index in [1.807, 2.05) is 31.2 Å². The van der Waals surface area contributed by atoms with E-state index in [9.17, 15) is 10.1 Å². The van der Waals surface area contributed by atoms with Gasteiger partial charge in [-0.15, -0.1) is 0 Å². The first-order valence-electron chi connectivity index (χ1n) is 9.99. The summed E-state index contributed by atoms with van der Waals surface area (Å²) in [5.41, 5.74) is 5.03. The maximum atomic E-state index is 10.8. The van der Waals surface area contributed by atoms with Gasteiger partial charge in [-0.05, 0) is 48.9 Å². The van der Waals surface area contributed by atoms with Crippen molar-refractivity contribution in [2.45, 2.75) is 38.8 Å². The molecule has 0 aromatic heterocycles. The van der Waals surface area contributed by atoms with Gasteiger partial charge >= 0.3 is 6.09 Å². The lowest BCUT2D eigenvalue weighted by atomic mass is 9.99. The molecule has 6 nitrogen and oxygen atoms in total. The van der Waals surface area contributed by atoms with Gasteiger partial charge in [-0.2, -0.15) is 5.26 Å². The minimum absolute atomic E-state index is 0.198. The van der Waals surface area contributed by atoms with Crippen LogP contribution in [0.5, 0.6) is 0 Å². The lowest BCUT2D eigenvalue weighted by molar-refractivity contribution is 0.119.